The SMILES string of the molecule is Oc1cccc(Oc2ccccc2)c1.Oc1cccc(Oc2ccccc2)c1.[Cl-].[Cl-].[Zr+2]. The van der Waals surface area contributed by atoms with Crippen molar-refractivity contribution in [3.63, 3.8) is 0 Å². The van der Waals surface area contributed by atoms with Crippen molar-refractivity contribution in [2.75, 3.05) is 0 Å². The zero-order valence-electron chi connectivity index (χ0n) is 16.4. The van der Waals surface area contributed by atoms with E-state index in [0.29, 0.717) is 11.5 Å². The Hall–Kier alpha value is -2.46. The van der Waals surface area contributed by atoms with Crippen LogP contribution in [0.25, 0.3) is 0 Å². The van der Waals surface area contributed by atoms with Crippen molar-refractivity contribution in [2.24, 2.45) is 0 Å². The second-order valence-corrected chi connectivity index (χ2v) is 5.82. The number of benzene rings is 4. The molecular formula is C24H20Cl2O4Zr. The quantitative estimate of drug-likeness (QED) is 0.398. The molecule has 2 N–H and O–H groups in total. The van der Waals surface area contributed by atoms with Crippen LogP contribution in [0.15, 0.2) is 109 Å². The first-order valence-corrected chi connectivity index (χ1v) is 8.73. The molecular weight excluding hydrogens is 514 g/mol. The van der Waals surface area contributed by atoms with Gasteiger partial charge in [0.15, 0.2) is 0 Å². The Labute approximate surface area is 213 Å². The molecule has 0 atom stereocenters. The predicted molar refractivity (Wildman–Crippen MR) is 109 cm³/mol. The Kier molecular flexibility index (Phi) is 14.1. The van der Waals surface area contributed by atoms with Gasteiger partial charge in [-0.3, -0.25) is 0 Å². The molecule has 0 bridgehead atoms. The number of hydrogen-bond acceptors (Lipinski definition) is 4. The topological polar surface area (TPSA) is 58.9 Å². The summed E-state index contributed by atoms with van der Waals surface area (Å²) in [5, 5.41) is 18.4. The smallest absolute Gasteiger partial charge is 1.00 e. The van der Waals surface area contributed by atoms with Crippen LogP contribution in [-0.4, -0.2) is 10.2 Å². The van der Waals surface area contributed by atoms with E-state index in [2.05, 4.69) is 0 Å². The van der Waals surface area contributed by atoms with Crippen molar-refractivity contribution in [2.45, 2.75) is 0 Å². The molecule has 0 aliphatic rings. The molecule has 4 nitrogen and oxygen atoms in total. The van der Waals surface area contributed by atoms with Crippen LogP contribution in [0.3, 0.4) is 0 Å². The third kappa shape index (κ3) is 10.4. The van der Waals surface area contributed by atoms with E-state index in [0.717, 1.165) is 11.5 Å². The number of halogens is 2. The first-order valence-electron chi connectivity index (χ1n) is 8.73. The molecule has 4 rings (SSSR count). The summed E-state index contributed by atoms with van der Waals surface area (Å²) in [4.78, 5) is 0. The minimum absolute atomic E-state index is 0. The fourth-order valence-corrected chi connectivity index (χ4v) is 2.34. The minimum Gasteiger partial charge on any atom is -1.00 e. The van der Waals surface area contributed by atoms with Gasteiger partial charge in [0.2, 0.25) is 0 Å². The molecule has 0 aromatic heterocycles. The van der Waals surface area contributed by atoms with Gasteiger partial charge in [-0.1, -0.05) is 48.5 Å². The largest absolute Gasteiger partial charge is 2.00 e. The van der Waals surface area contributed by atoms with E-state index >= 15 is 0 Å². The van der Waals surface area contributed by atoms with Gasteiger partial charge in [-0.25, -0.2) is 0 Å². The van der Waals surface area contributed by atoms with Crippen LogP contribution in [0, 0.1) is 0 Å². The van der Waals surface area contributed by atoms with Crippen molar-refractivity contribution in [1.29, 1.82) is 0 Å². The van der Waals surface area contributed by atoms with E-state index in [4.69, 9.17) is 9.47 Å². The van der Waals surface area contributed by atoms with Crippen molar-refractivity contribution in [3.05, 3.63) is 109 Å². The van der Waals surface area contributed by atoms with Crippen LogP contribution in [0.5, 0.6) is 34.5 Å². The maximum absolute atomic E-state index is 9.21. The Balaban J connectivity index is 0.000000529. The number of hydrogen-bond donors (Lipinski definition) is 2. The maximum atomic E-state index is 9.21. The second kappa shape index (κ2) is 15.4. The molecule has 0 saturated carbocycles. The molecule has 0 radical (unpaired) electrons. The number of phenols is 2. The monoisotopic (exact) mass is 532 g/mol. The summed E-state index contributed by atoms with van der Waals surface area (Å²) in [6.07, 6.45) is 0. The van der Waals surface area contributed by atoms with Gasteiger partial charge in [0.25, 0.3) is 0 Å². The summed E-state index contributed by atoms with van der Waals surface area (Å²) < 4.78 is 11.0. The molecule has 0 unspecified atom stereocenters. The average molecular weight is 535 g/mol. The molecule has 0 aliphatic carbocycles. The minimum atomic E-state index is 0. The standard InChI is InChI=1S/2C12H10O2.2ClH.Zr/c2*13-10-5-4-8-12(9-10)14-11-6-2-1-3-7-11;;;/h2*1-9,13H;2*1H;/q;;;;+2/p-2. The summed E-state index contributed by atoms with van der Waals surface area (Å²) in [5.41, 5.74) is 0. The first-order chi connectivity index (χ1) is 13.7. The van der Waals surface area contributed by atoms with Crippen molar-refractivity contribution in [1.82, 2.24) is 0 Å². The first kappa shape index (κ1) is 28.5. The molecule has 0 saturated heterocycles. The normalized spacial score (nSPS) is 8.77. The van der Waals surface area contributed by atoms with Crippen molar-refractivity contribution < 1.29 is 70.7 Å². The van der Waals surface area contributed by atoms with Gasteiger partial charge in [0.05, 0.1) is 0 Å². The molecule has 7 heteroatoms. The molecule has 0 spiro atoms. The molecule has 4 aromatic carbocycles. The van der Waals surface area contributed by atoms with E-state index in [9.17, 15) is 10.2 Å². The number of phenolic OH excluding ortho intramolecular Hbond substituents is 2. The number of rotatable bonds is 4. The van der Waals surface area contributed by atoms with Gasteiger partial charge in [0, 0.05) is 12.1 Å². The molecule has 31 heavy (non-hydrogen) atoms. The van der Waals surface area contributed by atoms with Crippen molar-refractivity contribution in [3.8, 4) is 34.5 Å². The van der Waals surface area contributed by atoms with Gasteiger partial charge in [-0.2, -0.15) is 0 Å². The average Bonchev–Trinajstić information content (AvgIpc) is 2.70. The van der Waals surface area contributed by atoms with Crippen LogP contribution in [0.2, 0.25) is 0 Å². The molecule has 0 heterocycles. The van der Waals surface area contributed by atoms with Crippen molar-refractivity contribution >= 4 is 0 Å². The van der Waals surface area contributed by atoms with Gasteiger partial charge in [-0.05, 0) is 48.5 Å². The maximum Gasteiger partial charge on any atom is 2.00 e. The zero-order valence-corrected chi connectivity index (χ0v) is 20.3. The number of aromatic hydroxyl groups is 2. The summed E-state index contributed by atoms with van der Waals surface area (Å²) >= 11 is 0. The molecule has 0 aliphatic heterocycles. The van der Waals surface area contributed by atoms with Crippen LogP contribution < -0.4 is 34.3 Å². The van der Waals surface area contributed by atoms with Crippen LogP contribution in [-0.2, 0) is 26.2 Å². The van der Waals surface area contributed by atoms with Gasteiger partial charge < -0.3 is 44.5 Å². The zero-order chi connectivity index (χ0) is 19.6. The fraction of sp³-hybridized carbons (Fsp3) is 0. The van der Waals surface area contributed by atoms with E-state index in [1.807, 2.05) is 60.7 Å². The number of para-hydroxylation sites is 2. The van der Waals surface area contributed by atoms with Gasteiger partial charge in [-0.15, -0.1) is 0 Å². The Morgan fingerprint density at radius 2 is 0.742 bits per heavy atom. The third-order valence-corrected chi connectivity index (χ3v) is 3.59. The number of ether oxygens (including phenoxy) is 2. The van der Waals surface area contributed by atoms with Crippen LogP contribution >= 0.6 is 0 Å². The Morgan fingerprint density at radius 3 is 1.06 bits per heavy atom. The summed E-state index contributed by atoms with van der Waals surface area (Å²) in [5.74, 6) is 3.21. The van der Waals surface area contributed by atoms with E-state index < -0.39 is 0 Å². The Bertz CT molecular complexity index is 919. The summed E-state index contributed by atoms with van der Waals surface area (Å²) in [6, 6.07) is 32.4. The fourth-order valence-electron chi connectivity index (χ4n) is 2.34. The van der Waals surface area contributed by atoms with Crippen LogP contribution in [0.1, 0.15) is 0 Å². The van der Waals surface area contributed by atoms with Gasteiger partial charge >= 0.3 is 26.2 Å². The third-order valence-electron chi connectivity index (χ3n) is 3.59. The van der Waals surface area contributed by atoms with E-state index in [1.54, 1.807) is 48.5 Å². The molecule has 158 valence electrons. The van der Waals surface area contributed by atoms with E-state index in [-0.39, 0.29) is 62.5 Å². The van der Waals surface area contributed by atoms with E-state index in [1.165, 1.54) is 0 Å². The molecule has 0 fully saturated rings. The van der Waals surface area contributed by atoms with Crippen LogP contribution in [0.4, 0.5) is 0 Å². The molecule has 0 amide bonds. The summed E-state index contributed by atoms with van der Waals surface area (Å²) in [7, 11) is 0. The predicted octanol–water partition coefficient (Wildman–Crippen LogP) is 0.375. The summed E-state index contributed by atoms with van der Waals surface area (Å²) in [6.45, 7) is 0. The van der Waals surface area contributed by atoms with Gasteiger partial charge in [0.1, 0.15) is 34.5 Å². The second-order valence-electron chi connectivity index (χ2n) is 5.82. The molecule has 4 aromatic rings. The Morgan fingerprint density at radius 1 is 0.419 bits per heavy atom.